The van der Waals surface area contributed by atoms with Gasteiger partial charge < -0.3 is 9.64 Å². The molecule has 2 aromatic carbocycles. The average Bonchev–Trinajstić information content (AvgIpc) is 2.98. The van der Waals surface area contributed by atoms with Crippen molar-refractivity contribution < 1.29 is 9.53 Å². The Balaban J connectivity index is 1.33. The van der Waals surface area contributed by atoms with E-state index >= 15 is 0 Å². The van der Waals surface area contributed by atoms with Gasteiger partial charge in [0.05, 0.1) is 6.54 Å². The van der Waals surface area contributed by atoms with Gasteiger partial charge in [-0.25, -0.2) is 9.67 Å². The van der Waals surface area contributed by atoms with Crippen molar-refractivity contribution in [1.82, 2.24) is 19.7 Å². The maximum Gasteiger partial charge on any atom is 0.260 e. The highest BCUT2D eigenvalue weighted by molar-refractivity contribution is 5.77. The lowest BCUT2D eigenvalue weighted by Crippen LogP contribution is -2.37. The van der Waals surface area contributed by atoms with E-state index in [1.165, 1.54) is 5.56 Å². The number of aromatic nitrogens is 3. The summed E-state index contributed by atoms with van der Waals surface area (Å²) in [5.74, 6) is 2.48. The van der Waals surface area contributed by atoms with Crippen LogP contribution in [0.5, 0.6) is 5.75 Å². The lowest BCUT2D eigenvalue weighted by molar-refractivity contribution is -0.133. The Labute approximate surface area is 158 Å². The summed E-state index contributed by atoms with van der Waals surface area (Å²) in [5.41, 5.74) is 1.20. The largest absolute Gasteiger partial charge is 0.484 e. The number of benzene rings is 2. The van der Waals surface area contributed by atoms with E-state index < -0.39 is 0 Å². The molecule has 1 amide bonds. The second-order valence-corrected chi connectivity index (χ2v) is 6.56. The van der Waals surface area contributed by atoms with Crippen LogP contribution in [-0.2, 0) is 24.2 Å². The van der Waals surface area contributed by atoms with Crippen LogP contribution in [-0.4, -0.2) is 45.3 Å². The number of hydrogen-bond donors (Lipinski definition) is 0. The number of nitrogens with zero attached hydrogens (tertiary/aromatic N) is 4. The molecule has 0 bridgehead atoms. The number of rotatable bonds is 5. The fraction of sp³-hybridized carbons (Fsp3) is 0.286. The van der Waals surface area contributed by atoms with Gasteiger partial charge in [0.1, 0.15) is 11.6 Å². The van der Waals surface area contributed by atoms with Crippen molar-refractivity contribution in [3.63, 3.8) is 0 Å². The predicted molar refractivity (Wildman–Crippen MR) is 101 cm³/mol. The molecule has 0 fully saturated rings. The van der Waals surface area contributed by atoms with E-state index in [2.05, 4.69) is 22.2 Å². The van der Waals surface area contributed by atoms with E-state index in [4.69, 9.17) is 4.74 Å². The Morgan fingerprint density at radius 2 is 1.70 bits per heavy atom. The van der Waals surface area contributed by atoms with Crippen LogP contribution < -0.4 is 4.74 Å². The van der Waals surface area contributed by atoms with E-state index in [-0.39, 0.29) is 12.5 Å². The highest BCUT2D eigenvalue weighted by Gasteiger charge is 2.21. The first kappa shape index (κ1) is 17.3. The van der Waals surface area contributed by atoms with E-state index in [1.54, 1.807) is 0 Å². The van der Waals surface area contributed by atoms with Gasteiger partial charge in [-0.1, -0.05) is 48.5 Å². The zero-order valence-electron chi connectivity index (χ0n) is 15.1. The summed E-state index contributed by atoms with van der Waals surface area (Å²) in [6.07, 6.45) is 1.44. The fourth-order valence-corrected chi connectivity index (χ4v) is 3.21. The van der Waals surface area contributed by atoms with Crippen molar-refractivity contribution in [2.45, 2.75) is 19.4 Å². The summed E-state index contributed by atoms with van der Waals surface area (Å²) in [5, 5.41) is 4.63. The van der Waals surface area contributed by atoms with Gasteiger partial charge >= 0.3 is 0 Å². The summed E-state index contributed by atoms with van der Waals surface area (Å²) < 4.78 is 7.51. The molecular formula is C21H22N4O2. The highest BCUT2D eigenvalue weighted by Crippen LogP contribution is 2.12. The topological polar surface area (TPSA) is 60.2 Å². The Morgan fingerprint density at radius 1 is 0.963 bits per heavy atom. The monoisotopic (exact) mass is 362 g/mol. The van der Waals surface area contributed by atoms with Crippen LogP contribution in [0.4, 0.5) is 0 Å². The van der Waals surface area contributed by atoms with Crippen molar-refractivity contribution in [3.05, 3.63) is 77.9 Å². The number of fused-ring (bicyclic) bond motifs is 1. The summed E-state index contributed by atoms with van der Waals surface area (Å²) in [6, 6.07) is 19.6. The molecule has 0 radical (unpaired) electrons. The minimum atomic E-state index is -0.00545. The SMILES string of the molecule is O=C(COc1ccccc1)N1CCc2nc(Cc3ccccc3)nn2CC1. The molecule has 138 valence electrons. The van der Waals surface area contributed by atoms with Crippen molar-refractivity contribution in [2.24, 2.45) is 0 Å². The first-order chi connectivity index (χ1) is 13.3. The number of hydrogen-bond acceptors (Lipinski definition) is 4. The minimum absolute atomic E-state index is 0.00545. The quantitative estimate of drug-likeness (QED) is 0.699. The molecule has 0 unspecified atom stereocenters. The van der Waals surface area contributed by atoms with Gasteiger partial charge in [-0.2, -0.15) is 5.10 Å². The number of ether oxygens (including phenoxy) is 1. The molecule has 0 saturated carbocycles. The van der Waals surface area contributed by atoms with Gasteiger partial charge in [-0.3, -0.25) is 4.79 Å². The standard InChI is InChI=1S/C21H22N4O2/c26-21(16-27-18-9-5-2-6-10-18)24-12-11-20-22-19(23-25(20)14-13-24)15-17-7-3-1-4-8-17/h1-10H,11-16H2. The van der Waals surface area contributed by atoms with Crippen LogP contribution in [0.2, 0.25) is 0 Å². The van der Waals surface area contributed by atoms with Crippen LogP contribution in [0, 0.1) is 0 Å². The summed E-state index contributed by atoms with van der Waals surface area (Å²) >= 11 is 0. The van der Waals surface area contributed by atoms with Crippen molar-refractivity contribution in [1.29, 1.82) is 0 Å². The molecule has 1 aliphatic heterocycles. The molecule has 6 nitrogen and oxygen atoms in total. The molecule has 0 aliphatic carbocycles. The summed E-state index contributed by atoms with van der Waals surface area (Å²) in [7, 11) is 0. The van der Waals surface area contributed by atoms with Crippen LogP contribution >= 0.6 is 0 Å². The van der Waals surface area contributed by atoms with Crippen molar-refractivity contribution in [2.75, 3.05) is 19.7 Å². The van der Waals surface area contributed by atoms with E-state index in [0.717, 1.165) is 18.1 Å². The summed E-state index contributed by atoms with van der Waals surface area (Å²) in [6.45, 7) is 1.98. The number of carbonyl (C=O) groups excluding carboxylic acids is 1. The van der Waals surface area contributed by atoms with Gasteiger partial charge in [0.15, 0.2) is 12.4 Å². The van der Waals surface area contributed by atoms with Crippen molar-refractivity contribution >= 4 is 5.91 Å². The molecule has 0 saturated heterocycles. The zero-order valence-corrected chi connectivity index (χ0v) is 15.1. The summed E-state index contributed by atoms with van der Waals surface area (Å²) in [4.78, 5) is 19.0. The van der Waals surface area contributed by atoms with Crippen LogP contribution in [0.15, 0.2) is 60.7 Å². The molecule has 4 rings (SSSR count). The van der Waals surface area contributed by atoms with Crippen LogP contribution in [0.25, 0.3) is 0 Å². The van der Waals surface area contributed by atoms with Crippen LogP contribution in [0.3, 0.4) is 0 Å². The molecule has 2 heterocycles. The van der Waals surface area contributed by atoms with Gasteiger partial charge in [0, 0.05) is 25.9 Å². The normalized spacial score (nSPS) is 13.7. The predicted octanol–water partition coefficient (Wildman–Crippen LogP) is 2.33. The first-order valence-corrected chi connectivity index (χ1v) is 9.20. The second-order valence-electron chi connectivity index (χ2n) is 6.56. The third kappa shape index (κ3) is 4.34. The Morgan fingerprint density at radius 3 is 2.48 bits per heavy atom. The molecule has 0 N–H and O–H groups in total. The first-order valence-electron chi connectivity index (χ1n) is 9.20. The third-order valence-corrected chi connectivity index (χ3v) is 4.64. The van der Waals surface area contributed by atoms with Crippen LogP contribution in [0.1, 0.15) is 17.2 Å². The lowest BCUT2D eigenvalue weighted by Gasteiger charge is -2.20. The zero-order chi connectivity index (χ0) is 18.5. The maximum atomic E-state index is 12.5. The number of amides is 1. The highest BCUT2D eigenvalue weighted by atomic mass is 16.5. The molecular weight excluding hydrogens is 340 g/mol. The Bertz CT molecular complexity index is 868. The second kappa shape index (κ2) is 8.03. The smallest absolute Gasteiger partial charge is 0.260 e. The molecule has 0 spiro atoms. The Kier molecular flexibility index (Phi) is 5.14. The number of para-hydroxylation sites is 1. The fourth-order valence-electron chi connectivity index (χ4n) is 3.21. The van der Waals surface area contributed by atoms with Gasteiger partial charge in [0.25, 0.3) is 5.91 Å². The van der Waals surface area contributed by atoms with E-state index in [9.17, 15) is 4.79 Å². The van der Waals surface area contributed by atoms with Gasteiger partial charge in [-0.15, -0.1) is 0 Å². The molecule has 1 aliphatic rings. The molecule has 6 heteroatoms. The lowest BCUT2D eigenvalue weighted by atomic mass is 10.1. The van der Waals surface area contributed by atoms with Crippen molar-refractivity contribution in [3.8, 4) is 5.75 Å². The molecule has 1 aromatic heterocycles. The molecule has 0 atom stereocenters. The minimum Gasteiger partial charge on any atom is -0.484 e. The van der Waals surface area contributed by atoms with Gasteiger partial charge in [0.2, 0.25) is 0 Å². The van der Waals surface area contributed by atoms with Gasteiger partial charge in [-0.05, 0) is 17.7 Å². The molecule has 27 heavy (non-hydrogen) atoms. The third-order valence-electron chi connectivity index (χ3n) is 4.64. The number of carbonyl (C=O) groups is 1. The maximum absolute atomic E-state index is 12.5. The molecule has 3 aromatic rings. The average molecular weight is 362 g/mol. The van der Waals surface area contributed by atoms with E-state index in [0.29, 0.717) is 31.8 Å². The van der Waals surface area contributed by atoms with E-state index in [1.807, 2.05) is 58.1 Å². The Hall–Kier alpha value is -3.15.